The first-order valence-corrected chi connectivity index (χ1v) is 7.02. The molecule has 0 spiro atoms. The summed E-state index contributed by atoms with van der Waals surface area (Å²) in [6.07, 6.45) is 0. The van der Waals surface area contributed by atoms with Crippen molar-refractivity contribution < 1.29 is 9.53 Å². The number of anilines is 1. The average Bonchev–Trinajstić information content (AvgIpc) is 3.04. The van der Waals surface area contributed by atoms with Gasteiger partial charge in [-0.15, -0.1) is 5.10 Å². The molecule has 0 bridgehead atoms. The molecule has 7 nitrogen and oxygen atoms in total. The minimum absolute atomic E-state index is 0.0310. The molecule has 0 saturated carbocycles. The van der Waals surface area contributed by atoms with E-state index in [-0.39, 0.29) is 12.5 Å². The van der Waals surface area contributed by atoms with E-state index in [4.69, 9.17) is 4.74 Å². The summed E-state index contributed by atoms with van der Waals surface area (Å²) < 4.78 is 6.55. The highest BCUT2D eigenvalue weighted by Gasteiger charge is 2.12. The SMILES string of the molecule is COc1ccc(NC(=O)Cn2nnnc2-c2ccccc2)cc1. The fraction of sp³-hybridized carbons (Fsp3) is 0.125. The summed E-state index contributed by atoms with van der Waals surface area (Å²) in [4.78, 5) is 12.2. The van der Waals surface area contributed by atoms with Gasteiger partial charge in [0.05, 0.1) is 7.11 Å². The maximum absolute atomic E-state index is 12.2. The van der Waals surface area contributed by atoms with Crippen molar-refractivity contribution in [3.63, 3.8) is 0 Å². The van der Waals surface area contributed by atoms with Crippen molar-refractivity contribution in [2.24, 2.45) is 0 Å². The van der Waals surface area contributed by atoms with Crippen LogP contribution in [0.1, 0.15) is 0 Å². The summed E-state index contributed by atoms with van der Waals surface area (Å²) in [5.41, 5.74) is 1.54. The van der Waals surface area contributed by atoms with Crippen molar-refractivity contribution in [2.45, 2.75) is 6.54 Å². The minimum Gasteiger partial charge on any atom is -0.497 e. The lowest BCUT2D eigenvalue weighted by atomic mass is 10.2. The Balaban J connectivity index is 1.70. The van der Waals surface area contributed by atoms with Crippen LogP contribution in [0.3, 0.4) is 0 Å². The molecule has 3 aromatic rings. The van der Waals surface area contributed by atoms with E-state index in [2.05, 4.69) is 20.8 Å². The number of rotatable bonds is 5. The first kappa shape index (κ1) is 14.7. The molecule has 1 amide bonds. The monoisotopic (exact) mass is 309 g/mol. The van der Waals surface area contributed by atoms with E-state index in [0.29, 0.717) is 11.5 Å². The van der Waals surface area contributed by atoms with Crippen molar-refractivity contribution >= 4 is 11.6 Å². The zero-order valence-corrected chi connectivity index (χ0v) is 12.5. The van der Waals surface area contributed by atoms with Gasteiger partial charge in [0.15, 0.2) is 5.82 Å². The molecule has 0 saturated heterocycles. The minimum atomic E-state index is -0.209. The number of amides is 1. The second-order valence-electron chi connectivity index (χ2n) is 4.80. The van der Waals surface area contributed by atoms with Crippen LogP contribution in [0.5, 0.6) is 5.75 Å². The molecular weight excluding hydrogens is 294 g/mol. The molecule has 2 aromatic carbocycles. The zero-order chi connectivity index (χ0) is 16.1. The third kappa shape index (κ3) is 3.52. The normalized spacial score (nSPS) is 10.3. The Morgan fingerprint density at radius 3 is 2.57 bits per heavy atom. The van der Waals surface area contributed by atoms with Crippen LogP contribution in [0, 0.1) is 0 Å². The topological polar surface area (TPSA) is 81.9 Å². The van der Waals surface area contributed by atoms with Gasteiger partial charge in [-0.2, -0.15) is 0 Å². The lowest BCUT2D eigenvalue weighted by Crippen LogP contribution is -2.20. The molecule has 1 N–H and O–H groups in total. The molecule has 0 atom stereocenters. The van der Waals surface area contributed by atoms with Gasteiger partial charge in [-0.3, -0.25) is 4.79 Å². The van der Waals surface area contributed by atoms with Gasteiger partial charge in [0.2, 0.25) is 5.91 Å². The third-order valence-electron chi connectivity index (χ3n) is 3.23. The van der Waals surface area contributed by atoms with Crippen molar-refractivity contribution in [3.05, 3.63) is 54.6 Å². The van der Waals surface area contributed by atoms with Gasteiger partial charge in [-0.25, -0.2) is 4.68 Å². The van der Waals surface area contributed by atoms with Crippen molar-refractivity contribution in [1.29, 1.82) is 0 Å². The predicted molar refractivity (Wildman–Crippen MR) is 84.9 cm³/mol. The Hall–Kier alpha value is -3.22. The number of hydrogen-bond acceptors (Lipinski definition) is 5. The van der Waals surface area contributed by atoms with Crippen LogP contribution in [-0.4, -0.2) is 33.2 Å². The number of methoxy groups -OCH3 is 1. The van der Waals surface area contributed by atoms with Crippen LogP contribution in [-0.2, 0) is 11.3 Å². The molecule has 0 aliphatic heterocycles. The molecule has 23 heavy (non-hydrogen) atoms. The number of tetrazole rings is 1. The largest absolute Gasteiger partial charge is 0.497 e. The van der Waals surface area contributed by atoms with Crippen LogP contribution < -0.4 is 10.1 Å². The van der Waals surface area contributed by atoms with Gasteiger partial charge >= 0.3 is 0 Å². The van der Waals surface area contributed by atoms with Gasteiger partial charge in [0.1, 0.15) is 12.3 Å². The summed E-state index contributed by atoms with van der Waals surface area (Å²) in [6, 6.07) is 16.6. The number of ether oxygens (including phenoxy) is 1. The molecule has 3 rings (SSSR count). The summed E-state index contributed by atoms with van der Waals surface area (Å²) in [5.74, 6) is 1.07. The van der Waals surface area contributed by atoms with E-state index in [1.165, 1.54) is 4.68 Å². The third-order valence-corrected chi connectivity index (χ3v) is 3.23. The Morgan fingerprint density at radius 1 is 1.13 bits per heavy atom. The molecule has 1 heterocycles. The van der Waals surface area contributed by atoms with Crippen LogP contribution in [0.15, 0.2) is 54.6 Å². The summed E-state index contributed by atoms with van der Waals surface area (Å²) >= 11 is 0. The number of aromatic nitrogens is 4. The van der Waals surface area contributed by atoms with Gasteiger partial charge in [0.25, 0.3) is 0 Å². The maximum atomic E-state index is 12.2. The highest BCUT2D eigenvalue weighted by Crippen LogP contribution is 2.16. The molecular formula is C16H15N5O2. The fourth-order valence-electron chi connectivity index (χ4n) is 2.12. The highest BCUT2D eigenvalue weighted by atomic mass is 16.5. The fourth-order valence-corrected chi connectivity index (χ4v) is 2.12. The van der Waals surface area contributed by atoms with Crippen LogP contribution >= 0.6 is 0 Å². The quantitative estimate of drug-likeness (QED) is 0.779. The van der Waals surface area contributed by atoms with Crippen molar-refractivity contribution in [1.82, 2.24) is 20.2 Å². The molecule has 0 aliphatic carbocycles. The Labute approximate surface area is 132 Å². The molecule has 7 heteroatoms. The Kier molecular flexibility index (Phi) is 4.28. The number of carbonyl (C=O) groups excluding carboxylic acids is 1. The summed E-state index contributed by atoms with van der Waals surface area (Å²) in [6.45, 7) is 0.0310. The zero-order valence-electron chi connectivity index (χ0n) is 12.5. The van der Waals surface area contributed by atoms with E-state index in [1.54, 1.807) is 31.4 Å². The van der Waals surface area contributed by atoms with Crippen molar-refractivity contribution in [2.75, 3.05) is 12.4 Å². The first-order valence-electron chi connectivity index (χ1n) is 7.02. The smallest absolute Gasteiger partial charge is 0.246 e. The number of carbonyl (C=O) groups is 1. The Morgan fingerprint density at radius 2 is 1.87 bits per heavy atom. The van der Waals surface area contributed by atoms with E-state index in [1.807, 2.05) is 30.3 Å². The lowest BCUT2D eigenvalue weighted by Gasteiger charge is -2.07. The van der Waals surface area contributed by atoms with E-state index < -0.39 is 0 Å². The second-order valence-corrected chi connectivity index (χ2v) is 4.80. The molecule has 0 aliphatic rings. The predicted octanol–water partition coefficient (Wildman–Crippen LogP) is 1.99. The molecule has 0 radical (unpaired) electrons. The molecule has 0 unspecified atom stereocenters. The standard InChI is InChI=1S/C16H15N5O2/c1-23-14-9-7-13(8-10-14)17-15(22)11-21-16(18-19-20-21)12-5-3-2-4-6-12/h2-10H,11H2,1H3,(H,17,22). The summed E-state index contributed by atoms with van der Waals surface area (Å²) in [7, 11) is 1.59. The lowest BCUT2D eigenvalue weighted by molar-refractivity contribution is -0.116. The second kappa shape index (κ2) is 6.69. The Bertz CT molecular complexity index is 784. The van der Waals surface area contributed by atoms with Gasteiger partial charge in [-0.05, 0) is 34.7 Å². The van der Waals surface area contributed by atoms with Gasteiger partial charge < -0.3 is 10.1 Å². The van der Waals surface area contributed by atoms with Crippen molar-refractivity contribution in [3.8, 4) is 17.1 Å². The maximum Gasteiger partial charge on any atom is 0.246 e. The van der Waals surface area contributed by atoms with Gasteiger partial charge in [0, 0.05) is 11.3 Å². The van der Waals surface area contributed by atoms with E-state index in [0.717, 1.165) is 11.3 Å². The number of benzene rings is 2. The van der Waals surface area contributed by atoms with Gasteiger partial charge in [-0.1, -0.05) is 30.3 Å². The van der Waals surface area contributed by atoms with Crippen LogP contribution in [0.4, 0.5) is 5.69 Å². The number of nitrogens with zero attached hydrogens (tertiary/aromatic N) is 4. The molecule has 1 aromatic heterocycles. The highest BCUT2D eigenvalue weighted by molar-refractivity contribution is 5.90. The van der Waals surface area contributed by atoms with Crippen LogP contribution in [0.2, 0.25) is 0 Å². The van der Waals surface area contributed by atoms with E-state index >= 15 is 0 Å². The number of nitrogens with one attached hydrogen (secondary N) is 1. The first-order chi connectivity index (χ1) is 11.3. The molecule has 116 valence electrons. The number of hydrogen-bond donors (Lipinski definition) is 1. The summed E-state index contributed by atoms with van der Waals surface area (Å²) in [5, 5.41) is 14.3. The molecule has 0 fully saturated rings. The van der Waals surface area contributed by atoms with Crippen LogP contribution in [0.25, 0.3) is 11.4 Å². The van der Waals surface area contributed by atoms with E-state index in [9.17, 15) is 4.79 Å². The average molecular weight is 309 g/mol.